The third-order valence-corrected chi connectivity index (χ3v) is 0.741. The predicted octanol–water partition coefficient (Wildman–Crippen LogP) is -5.98. The van der Waals surface area contributed by atoms with Crippen LogP contribution in [0.4, 0.5) is 0 Å². The van der Waals surface area contributed by atoms with Crippen LogP contribution in [0.3, 0.4) is 0 Å². The maximum Gasteiger partial charge on any atom is 1.00 e. The molecule has 0 radical (unpaired) electrons. The molecule has 2 N–H and O–H groups in total. The van der Waals surface area contributed by atoms with Gasteiger partial charge in [0.1, 0.15) is 0 Å². The minimum Gasteiger partial charge on any atom is -1.00 e. The Morgan fingerprint density at radius 2 is 1.40 bits per heavy atom. The van der Waals surface area contributed by atoms with E-state index in [0.717, 1.165) is 6.92 Å². The second kappa shape index (κ2) is 8.04. The molecule has 0 atom stereocenters. The predicted molar refractivity (Wildman–Crippen MR) is 26.7 cm³/mol. The Morgan fingerprint density at radius 3 is 1.40 bits per heavy atom. The SMILES string of the molecule is CC(C(=O)O)C(=O)O.[H-].[H-].[Na+].[Na+]. The summed E-state index contributed by atoms with van der Waals surface area (Å²) < 4.78 is 0. The maximum atomic E-state index is 9.76. The molecule has 0 aliphatic heterocycles. The fraction of sp³-hybridized carbons (Fsp3) is 0.500. The van der Waals surface area contributed by atoms with Crippen molar-refractivity contribution < 1.29 is 81.8 Å². The van der Waals surface area contributed by atoms with E-state index in [1.54, 1.807) is 0 Å². The van der Waals surface area contributed by atoms with Crippen molar-refractivity contribution >= 4 is 11.9 Å². The molecule has 0 aromatic rings. The van der Waals surface area contributed by atoms with Crippen LogP contribution < -0.4 is 59.1 Å². The van der Waals surface area contributed by atoms with Gasteiger partial charge in [0.15, 0.2) is 5.92 Å². The van der Waals surface area contributed by atoms with Gasteiger partial charge in [-0.1, -0.05) is 0 Å². The molecule has 0 aliphatic rings. The van der Waals surface area contributed by atoms with Crippen molar-refractivity contribution in [3.63, 3.8) is 0 Å². The van der Waals surface area contributed by atoms with E-state index in [2.05, 4.69) is 0 Å². The standard InChI is InChI=1S/C4H6O4.2Na.2H/c1-2(3(5)6)4(7)8;;;;/h2H,1H3,(H,5,6)(H,7,8);;;;/q;2*+1;2*-1. The number of carboxylic acid groups (broad SMARTS) is 2. The molecule has 0 aliphatic carbocycles. The summed E-state index contributed by atoms with van der Waals surface area (Å²) in [5, 5.41) is 15.9. The Labute approximate surface area is 106 Å². The van der Waals surface area contributed by atoms with Gasteiger partial charge in [-0.05, 0) is 6.92 Å². The summed E-state index contributed by atoms with van der Waals surface area (Å²) in [6, 6.07) is 0. The van der Waals surface area contributed by atoms with E-state index >= 15 is 0 Å². The second-order valence-electron chi connectivity index (χ2n) is 1.40. The van der Waals surface area contributed by atoms with Crippen LogP contribution in [0.1, 0.15) is 9.78 Å². The van der Waals surface area contributed by atoms with Crippen LogP contribution in [-0.4, -0.2) is 22.2 Å². The Kier molecular flexibility index (Phi) is 13.8. The third kappa shape index (κ3) is 7.05. The molecule has 0 bridgehead atoms. The van der Waals surface area contributed by atoms with E-state index in [0.29, 0.717) is 0 Å². The molecule has 10 heavy (non-hydrogen) atoms. The monoisotopic (exact) mass is 166 g/mol. The Bertz CT molecular complexity index is 118. The molecular formula is C4H8Na2O4. The van der Waals surface area contributed by atoms with Gasteiger partial charge in [0.05, 0.1) is 0 Å². The first-order valence-corrected chi connectivity index (χ1v) is 2.01. The fourth-order valence-electron chi connectivity index (χ4n) is 0.106. The van der Waals surface area contributed by atoms with Crippen molar-refractivity contribution in [2.24, 2.45) is 5.92 Å². The zero-order valence-electron chi connectivity index (χ0n) is 8.29. The zero-order chi connectivity index (χ0) is 6.73. The van der Waals surface area contributed by atoms with Gasteiger partial charge >= 0.3 is 71.1 Å². The van der Waals surface area contributed by atoms with E-state index in [1.807, 2.05) is 0 Å². The molecule has 0 spiro atoms. The summed E-state index contributed by atoms with van der Waals surface area (Å²) in [6.07, 6.45) is 0. The molecular weight excluding hydrogens is 158 g/mol. The summed E-state index contributed by atoms with van der Waals surface area (Å²) in [5.74, 6) is -3.91. The van der Waals surface area contributed by atoms with Gasteiger partial charge in [0, 0.05) is 0 Å². The van der Waals surface area contributed by atoms with Gasteiger partial charge in [-0.15, -0.1) is 0 Å². The van der Waals surface area contributed by atoms with Crippen molar-refractivity contribution in [2.75, 3.05) is 0 Å². The number of carbonyl (C=O) groups is 2. The van der Waals surface area contributed by atoms with Crippen molar-refractivity contribution in [1.29, 1.82) is 0 Å². The molecule has 0 rings (SSSR count). The van der Waals surface area contributed by atoms with Crippen LogP contribution in [0.5, 0.6) is 0 Å². The molecule has 4 nitrogen and oxygen atoms in total. The first-order chi connectivity index (χ1) is 3.55. The second-order valence-corrected chi connectivity index (χ2v) is 1.40. The molecule has 0 amide bonds. The summed E-state index contributed by atoms with van der Waals surface area (Å²) in [4.78, 5) is 19.5. The first-order valence-electron chi connectivity index (χ1n) is 2.01. The average molecular weight is 166 g/mol. The van der Waals surface area contributed by atoms with Gasteiger partial charge < -0.3 is 13.1 Å². The number of carboxylic acids is 2. The Morgan fingerprint density at radius 1 is 1.20 bits per heavy atom. The van der Waals surface area contributed by atoms with Crippen molar-refractivity contribution in [2.45, 2.75) is 6.92 Å². The maximum absolute atomic E-state index is 9.76. The average Bonchev–Trinajstić information content (AvgIpc) is 1.64. The van der Waals surface area contributed by atoms with Crippen LogP contribution >= 0.6 is 0 Å². The van der Waals surface area contributed by atoms with E-state index in [-0.39, 0.29) is 62.0 Å². The van der Waals surface area contributed by atoms with Gasteiger partial charge in [-0.25, -0.2) is 0 Å². The van der Waals surface area contributed by atoms with Gasteiger partial charge in [0.25, 0.3) is 0 Å². The minimum absolute atomic E-state index is 0. The smallest absolute Gasteiger partial charge is 1.00 e. The number of hydrogen-bond donors (Lipinski definition) is 2. The number of hydrogen-bond acceptors (Lipinski definition) is 2. The van der Waals surface area contributed by atoms with E-state index in [1.165, 1.54) is 0 Å². The van der Waals surface area contributed by atoms with Crippen LogP contribution in [0.25, 0.3) is 0 Å². The summed E-state index contributed by atoms with van der Waals surface area (Å²) in [7, 11) is 0. The number of rotatable bonds is 2. The van der Waals surface area contributed by atoms with E-state index in [4.69, 9.17) is 10.2 Å². The third-order valence-electron chi connectivity index (χ3n) is 0.741. The van der Waals surface area contributed by atoms with Gasteiger partial charge in [-0.3, -0.25) is 9.59 Å². The summed E-state index contributed by atoms with van der Waals surface area (Å²) in [6.45, 7) is 1.12. The first kappa shape index (κ1) is 17.1. The van der Waals surface area contributed by atoms with E-state index in [9.17, 15) is 9.59 Å². The van der Waals surface area contributed by atoms with Crippen molar-refractivity contribution in [3.05, 3.63) is 0 Å². The van der Waals surface area contributed by atoms with Gasteiger partial charge in [0.2, 0.25) is 0 Å². The van der Waals surface area contributed by atoms with Crippen molar-refractivity contribution in [1.82, 2.24) is 0 Å². The van der Waals surface area contributed by atoms with E-state index < -0.39 is 17.9 Å². The summed E-state index contributed by atoms with van der Waals surface area (Å²) >= 11 is 0. The Balaban J connectivity index is -0.0000000408. The fourth-order valence-corrected chi connectivity index (χ4v) is 0.106. The zero-order valence-corrected chi connectivity index (χ0v) is 10.3. The van der Waals surface area contributed by atoms with Crippen LogP contribution in [0.15, 0.2) is 0 Å². The molecule has 0 fully saturated rings. The van der Waals surface area contributed by atoms with Crippen LogP contribution in [-0.2, 0) is 9.59 Å². The Hall–Kier alpha value is 0.940. The molecule has 0 saturated heterocycles. The molecule has 0 aromatic carbocycles. The summed E-state index contributed by atoms with van der Waals surface area (Å²) in [5.41, 5.74) is 0. The molecule has 0 unspecified atom stereocenters. The quantitative estimate of drug-likeness (QED) is 0.316. The normalized spacial score (nSPS) is 7.40. The topological polar surface area (TPSA) is 74.6 Å². The minimum atomic E-state index is -1.31. The number of aliphatic carboxylic acids is 2. The molecule has 0 aromatic heterocycles. The van der Waals surface area contributed by atoms with Crippen molar-refractivity contribution in [3.8, 4) is 0 Å². The molecule has 0 heterocycles. The van der Waals surface area contributed by atoms with Crippen LogP contribution in [0, 0.1) is 5.92 Å². The largest absolute Gasteiger partial charge is 1.00 e. The molecule has 0 saturated carbocycles. The van der Waals surface area contributed by atoms with Gasteiger partial charge in [-0.2, -0.15) is 0 Å². The van der Waals surface area contributed by atoms with Crippen LogP contribution in [0.2, 0.25) is 0 Å². The molecule has 6 heteroatoms. The molecule has 50 valence electrons.